The second kappa shape index (κ2) is 6.79. The molecule has 0 aliphatic carbocycles. The molecule has 0 atom stereocenters. The first kappa shape index (κ1) is 15.8. The summed E-state index contributed by atoms with van der Waals surface area (Å²) < 4.78 is 0. The zero-order valence-electron chi connectivity index (χ0n) is 12.4. The van der Waals surface area contributed by atoms with Crippen molar-refractivity contribution >= 4 is 23.2 Å². The van der Waals surface area contributed by atoms with E-state index in [1.165, 1.54) is 4.90 Å². The molecule has 0 unspecified atom stereocenters. The van der Waals surface area contributed by atoms with E-state index in [0.717, 1.165) is 5.69 Å². The number of nitrogens with two attached hydrogens (primary N) is 1. The van der Waals surface area contributed by atoms with E-state index in [1.807, 2.05) is 25.9 Å². The van der Waals surface area contributed by atoms with E-state index in [0.29, 0.717) is 17.8 Å². The number of nitrogen functional groups attached to an aromatic ring is 1. The number of amides is 2. The van der Waals surface area contributed by atoms with Crippen LogP contribution in [0.25, 0.3) is 0 Å². The minimum absolute atomic E-state index is 0.0222. The molecule has 0 bridgehead atoms. The maximum absolute atomic E-state index is 12.4. The molecule has 3 N–H and O–H groups in total. The molecule has 0 aliphatic heterocycles. The van der Waals surface area contributed by atoms with Crippen LogP contribution in [0.15, 0.2) is 18.2 Å². The predicted molar refractivity (Wildman–Crippen MR) is 80.8 cm³/mol. The highest BCUT2D eigenvalue weighted by molar-refractivity contribution is 6.01. The average molecular weight is 278 g/mol. The first-order valence-corrected chi connectivity index (χ1v) is 6.45. The molecule has 0 fully saturated rings. The Balaban J connectivity index is 2.96. The minimum atomic E-state index is -0.229. The molecular weight excluding hydrogens is 256 g/mol. The fourth-order valence-electron chi connectivity index (χ4n) is 1.86. The number of hydrogen-bond acceptors (Lipinski definition) is 4. The van der Waals surface area contributed by atoms with Gasteiger partial charge in [-0.2, -0.15) is 0 Å². The topological polar surface area (TPSA) is 78.7 Å². The number of carbonyl (C=O) groups excluding carboxylic acids is 2. The van der Waals surface area contributed by atoms with Gasteiger partial charge in [-0.1, -0.05) is 0 Å². The SMILES string of the molecule is CCNC(=O)CN(C)C(=O)c1cc(N)ccc1N(C)C. The van der Waals surface area contributed by atoms with Gasteiger partial charge in [0.1, 0.15) is 0 Å². The fourth-order valence-corrected chi connectivity index (χ4v) is 1.86. The number of benzene rings is 1. The highest BCUT2D eigenvalue weighted by Gasteiger charge is 2.19. The second-order valence-corrected chi connectivity index (χ2v) is 4.79. The van der Waals surface area contributed by atoms with Crippen LogP contribution in [0.4, 0.5) is 11.4 Å². The molecular formula is C14H22N4O2. The molecule has 6 heteroatoms. The average Bonchev–Trinajstić information content (AvgIpc) is 2.37. The Hall–Kier alpha value is -2.24. The summed E-state index contributed by atoms with van der Waals surface area (Å²) in [6.45, 7) is 2.40. The number of nitrogens with one attached hydrogen (secondary N) is 1. The van der Waals surface area contributed by atoms with Crippen LogP contribution in [0, 0.1) is 0 Å². The highest BCUT2D eigenvalue weighted by Crippen LogP contribution is 2.22. The lowest BCUT2D eigenvalue weighted by molar-refractivity contribution is -0.121. The lowest BCUT2D eigenvalue weighted by Crippen LogP contribution is -2.38. The summed E-state index contributed by atoms with van der Waals surface area (Å²) in [5.74, 6) is -0.411. The molecule has 0 heterocycles. The van der Waals surface area contributed by atoms with Gasteiger partial charge in [0.25, 0.3) is 5.91 Å². The lowest BCUT2D eigenvalue weighted by atomic mass is 10.1. The standard InChI is InChI=1S/C14H22N4O2/c1-5-16-13(19)9-18(4)14(20)11-8-10(15)6-7-12(11)17(2)3/h6-8H,5,9,15H2,1-4H3,(H,16,19). The van der Waals surface area contributed by atoms with Crippen molar-refractivity contribution in [3.8, 4) is 0 Å². The molecule has 6 nitrogen and oxygen atoms in total. The van der Waals surface area contributed by atoms with E-state index >= 15 is 0 Å². The van der Waals surface area contributed by atoms with Gasteiger partial charge >= 0.3 is 0 Å². The van der Waals surface area contributed by atoms with E-state index in [4.69, 9.17) is 5.73 Å². The van der Waals surface area contributed by atoms with Gasteiger partial charge in [-0.05, 0) is 25.1 Å². The van der Waals surface area contributed by atoms with Crippen LogP contribution in [-0.4, -0.2) is 50.9 Å². The summed E-state index contributed by atoms with van der Waals surface area (Å²) in [4.78, 5) is 27.2. The number of carbonyl (C=O) groups is 2. The van der Waals surface area contributed by atoms with Crippen LogP contribution in [0.3, 0.4) is 0 Å². The summed E-state index contributed by atoms with van der Waals surface area (Å²) in [5, 5.41) is 2.66. The summed E-state index contributed by atoms with van der Waals surface area (Å²) in [6, 6.07) is 5.17. The number of anilines is 2. The molecule has 0 saturated heterocycles. The van der Waals surface area contributed by atoms with Crippen molar-refractivity contribution in [1.82, 2.24) is 10.2 Å². The van der Waals surface area contributed by atoms with Crippen molar-refractivity contribution in [1.29, 1.82) is 0 Å². The van der Waals surface area contributed by atoms with Crippen LogP contribution in [-0.2, 0) is 4.79 Å². The molecule has 0 aromatic heterocycles. The fraction of sp³-hybridized carbons (Fsp3) is 0.429. The third-order valence-electron chi connectivity index (χ3n) is 2.83. The Bertz CT molecular complexity index is 500. The second-order valence-electron chi connectivity index (χ2n) is 4.79. The Morgan fingerprint density at radius 1 is 1.25 bits per heavy atom. The third-order valence-corrected chi connectivity index (χ3v) is 2.83. The van der Waals surface area contributed by atoms with Gasteiger partial charge in [0.05, 0.1) is 12.1 Å². The molecule has 0 radical (unpaired) electrons. The number of rotatable bonds is 5. The van der Waals surface area contributed by atoms with E-state index in [-0.39, 0.29) is 18.4 Å². The van der Waals surface area contributed by atoms with Crippen LogP contribution in [0.1, 0.15) is 17.3 Å². The summed E-state index contributed by atoms with van der Waals surface area (Å²) in [5.41, 5.74) is 7.52. The number of likely N-dealkylation sites (N-methyl/N-ethyl adjacent to an activating group) is 2. The van der Waals surface area contributed by atoms with Crippen molar-refractivity contribution < 1.29 is 9.59 Å². The molecule has 1 rings (SSSR count). The van der Waals surface area contributed by atoms with Gasteiger partial charge in [0.2, 0.25) is 5.91 Å². The first-order valence-electron chi connectivity index (χ1n) is 6.45. The van der Waals surface area contributed by atoms with Gasteiger partial charge in [-0.15, -0.1) is 0 Å². The zero-order valence-corrected chi connectivity index (χ0v) is 12.4. The third kappa shape index (κ3) is 3.88. The van der Waals surface area contributed by atoms with Gasteiger partial charge in [0, 0.05) is 39.1 Å². The molecule has 1 aromatic rings. The molecule has 0 aliphatic rings. The summed E-state index contributed by atoms with van der Waals surface area (Å²) >= 11 is 0. The molecule has 0 spiro atoms. The van der Waals surface area contributed by atoms with Crippen LogP contribution in [0.2, 0.25) is 0 Å². The van der Waals surface area contributed by atoms with Crippen molar-refractivity contribution in [2.75, 3.05) is 44.9 Å². The molecule has 2 amide bonds. The van der Waals surface area contributed by atoms with Crippen LogP contribution >= 0.6 is 0 Å². The van der Waals surface area contributed by atoms with Gasteiger partial charge in [0.15, 0.2) is 0 Å². The molecule has 110 valence electrons. The van der Waals surface area contributed by atoms with Crippen molar-refractivity contribution in [2.45, 2.75) is 6.92 Å². The number of hydrogen-bond donors (Lipinski definition) is 2. The minimum Gasteiger partial charge on any atom is -0.399 e. The first-order chi connectivity index (χ1) is 9.36. The lowest BCUT2D eigenvalue weighted by Gasteiger charge is -2.22. The van der Waals surface area contributed by atoms with Gasteiger partial charge in [-0.3, -0.25) is 9.59 Å². The Morgan fingerprint density at radius 2 is 1.90 bits per heavy atom. The van der Waals surface area contributed by atoms with E-state index in [2.05, 4.69) is 5.32 Å². The quantitative estimate of drug-likeness (QED) is 0.771. The largest absolute Gasteiger partial charge is 0.399 e. The van der Waals surface area contributed by atoms with Gasteiger partial charge in [-0.25, -0.2) is 0 Å². The van der Waals surface area contributed by atoms with Crippen LogP contribution in [0.5, 0.6) is 0 Å². The maximum Gasteiger partial charge on any atom is 0.256 e. The van der Waals surface area contributed by atoms with E-state index in [1.54, 1.807) is 25.2 Å². The predicted octanol–water partition coefficient (Wildman–Crippen LogP) is 0.543. The van der Waals surface area contributed by atoms with E-state index < -0.39 is 0 Å². The van der Waals surface area contributed by atoms with Crippen molar-refractivity contribution in [2.24, 2.45) is 0 Å². The zero-order chi connectivity index (χ0) is 15.3. The maximum atomic E-state index is 12.4. The van der Waals surface area contributed by atoms with E-state index in [9.17, 15) is 9.59 Å². The van der Waals surface area contributed by atoms with Crippen molar-refractivity contribution in [3.63, 3.8) is 0 Å². The Morgan fingerprint density at radius 3 is 2.45 bits per heavy atom. The molecule has 20 heavy (non-hydrogen) atoms. The normalized spacial score (nSPS) is 10.0. The van der Waals surface area contributed by atoms with Crippen molar-refractivity contribution in [3.05, 3.63) is 23.8 Å². The highest BCUT2D eigenvalue weighted by atomic mass is 16.2. The summed E-state index contributed by atoms with van der Waals surface area (Å²) in [6.07, 6.45) is 0. The van der Waals surface area contributed by atoms with Crippen LogP contribution < -0.4 is 16.0 Å². The Labute approximate surface area is 119 Å². The summed E-state index contributed by atoms with van der Waals surface area (Å²) in [7, 11) is 5.30. The van der Waals surface area contributed by atoms with Gasteiger partial charge < -0.3 is 20.9 Å². The molecule has 0 saturated carbocycles. The number of nitrogens with zero attached hydrogens (tertiary/aromatic N) is 2. The monoisotopic (exact) mass is 278 g/mol. The smallest absolute Gasteiger partial charge is 0.256 e. The molecule has 1 aromatic carbocycles. The Kier molecular flexibility index (Phi) is 5.37.